The van der Waals surface area contributed by atoms with Gasteiger partial charge in [-0.1, -0.05) is 0 Å². The molecule has 128 valence electrons. The van der Waals surface area contributed by atoms with Crippen molar-refractivity contribution < 1.29 is 21.9 Å². The van der Waals surface area contributed by atoms with Crippen LogP contribution in [0.5, 0.6) is 11.5 Å². The summed E-state index contributed by atoms with van der Waals surface area (Å²) in [6, 6.07) is 11.0. The van der Waals surface area contributed by atoms with E-state index in [2.05, 4.69) is 9.71 Å². The van der Waals surface area contributed by atoms with Gasteiger partial charge < -0.3 is 4.74 Å². The third kappa shape index (κ3) is 4.30. The molecule has 1 heterocycles. The Morgan fingerprint density at radius 1 is 0.920 bits per heavy atom. The molecule has 1 N–H and O–H groups in total. The van der Waals surface area contributed by atoms with Crippen molar-refractivity contribution in [1.82, 2.24) is 4.98 Å². The Balaban J connectivity index is 1.86. The first-order valence-corrected chi connectivity index (χ1v) is 8.57. The normalized spacial score (nSPS) is 11.1. The van der Waals surface area contributed by atoms with Gasteiger partial charge in [-0.05, 0) is 42.5 Å². The number of sulfonamides is 1. The highest BCUT2D eigenvalue weighted by molar-refractivity contribution is 7.92. The third-order valence-electron chi connectivity index (χ3n) is 3.12. The molecule has 0 aliphatic carbocycles. The lowest BCUT2D eigenvalue weighted by Crippen LogP contribution is -2.13. The molecular weight excluding hydrogens is 350 g/mol. The van der Waals surface area contributed by atoms with E-state index in [1.165, 1.54) is 12.3 Å². The fourth-order valence-corrected chi connectivity index (χ4v) is 3.09. The second kappa shape index (κ2) is 6.86. The van der Waals surface area contributed by atoms with E-state index in [0.29, 0.717) is 5.75 Å². The van der Waals surface area contributed by atoms with Gasteiger partial charge in [0.1, 0.15) is 23.1 Å². The smallest absolute Gasteiger partial charge is 0.261 e. The first-order valence-electron chi connectivity index (χ1n) is 7.09. The van der Waals surface area contributed by atoms with Crippen LogP contribution in [0.2, 0.25) is 0 Å². The standard InChI is InChI=1S/C17H12F2N2O3S/c18-12-3-5-17(6-4-12)25(22,23)21-14-8-13(19)9-16(10-14)24-15-2-1-7-20-11-15/h1-11,21H. The van der Waals surface area contributed by atoms with Crippen LogP contribution in [0.25, 0.3) is 0 Å². The van der Waals surface area contributed by atoms with Crippen LogP contribution >= 0.6 is 0 Å². The lowest BCUT2D eigenvalue weighted by Gasteiger charge is -2.11. The monoisotopic (exact) mass is 362 g/mol. The molecule has 0 saturated heterocycles. The molecule has 0 spiro atoms. The summed E-state index contributed by atoms with van der Waals surface area (Å²) in [6.45, 7) is 0. The number of aromatic nitrogens is 1. The fraction of sp³-hybridized carbons (Fsp3) is 0. The van der Waals surface area contributed by atoms with Crippen molar-refractivity contribution in [3.05, 3.63) is 78.6 Å². The Morgan fingerprint density at radius 2 is 1.68 bits per heavy atom. The van der Waals surface area contributed by atoms with Crippen molar-refractivity contribution in [2.24, 2.45) is 0 Å². The highest BCUT2D eigenvalue weighted by Gasteiger charge is 2.15. The quantitative estimate of drug-likeness (QED) is 0.746. The number of rotatable bonds is 5. The van der Waals surface area contributed by atoms with Gasteiger partial charge >= 0.3 is 0 Å². The molecule has 0 aliphatic rings. The van der Waals surface area contributed by atoms with Crippen LogP contribution in [0, 0.1) is 11.6 Å². The Morgan fingerprint density at radius 3 is 2.36 bits per heavy atom. The molecular formula is C17H12F2N2O3S. The summed E-state index contributed by atoms with van der Waals surface area (Å²) in [5.74, 6) is -0.764. The highest BCUT2D eigenvalue weighted by atomic mass is 32.2. The van der Waals surface area contributed by atoms with E-state index < -0.39 is 21.7 Å². The van der Waals surface area contributed by atoms with Crippen LogP contribution in [0.4, 0.5) is 14.5 Å². The number of pyridine rings is 1. The van der Waals surface area contributed by atoms with Gasteiger partial charge in [-0.2, -0.15) is 0 Å². The van der Waals surface area contributed by atoms with Gasteiger partial charge in [0, 0.05) is 18.3 Å². The topological polar surface area (TPSA) is 68.3 Å². The zero-order chi connectivity index (χ0) is 17.9. The molecule has 1 aromatic heterocycles. The second-order valence-electron chi connectivity index (χ2n) is 5.03. The number of nitrogens with one attached hydrogen (secondary N) is 1. The van der Waals surface area contributed by atoms with Crippen LogP contribution in [-0.4, -0.2) is 13.4 Å². The maximum Gasteiger partial charge on any atom is 0.261 e. The summed E-state index contributed by atoms with van der Waals surface area (Å²) >= 11 is 0. The zero-order valence-corrected chi connectivity index (χ0v) is 13.5. The Bertz CT molecular complexity index is 979. The minimum absolute atomic E-state index is 0.0248. The van der Waals surface area contributed by atoms with E-state index in [1.807, 2.05) is 0 Å². The molecule has 0 atom stereocenters. The highest BCUT2D eigenvalue weighted by Crippen LogP contribution is 2.26. The number of hydrogen-bond acceptors (Lipinski definition) is 4. The fourth-order valence-electron chi connectivity index (χ4n) is 2.05. The van der Waals surface area contributed by atoms with Crippen LogP contribution in [0.15, 0.2) is 71.9 Å². The minimum Gasteiger partial charge on any atom is -0.456 e. The summed E-state index contributed by atoms with van der Waals surface area (Å²) in [7, 11) is -3.99. The molecule has 0 radical (unpaired) electrons. The second-order valence-corrected chi connectivity index (χ2v) is 6.71. The van der Waals surface area contributed by atoms with Gasteiger partial charge in [0.15, 0.2) is 0 Å². The molecule has 25 heavy (non-hydrogen) atoms. The van der Waals surface area contributed by atoms with E-state index in [0.717, 1.165) is 36.4 Å². The number of nitrogens with zero attached hydrogens (tertiary/aromatic N) is 1. The van der Waals surface area contributed by atoms with Crippen molar-refractivity contribution in [3.8, 4) is 11.5 Å². The Kier molecular flexibility index (Phi) is 4.62. The van der Waals surface area contributed by atoms with Crippen LogP contribution in [-0.2, 0) is 10.0 Å². The van der Waals surface area contributed by atoms with E-state index in [4.69, 9.17) is 4.74 Å². The van der Waals surface area contributed by atoms with E-state index in [1.54, 1.807) is 18.3 Å². The van der Waals surface area contributed by atoms with Crippen molar-refractivity contribution in [2.75, 3.05) is 4.72 Å². The predicted molar refractivity (Wildman–Crippen MR) is 87.9 cm³/mol. The Hall–Kier alpha value is -3.00. The number of hydrogen-bond donors (Lipinski definition) is 1. The molecule has 3 rings (SSSR count). The number of anilines is 1. The lowest BCUT2D eigenvalue weighted by molar-refractivity contribution is 0.475. The molecule has 5 nitrogen and oxygen atoms in total. The summed E-state index contributed by atoms with van der Waals surface area (Å²) < 4.78 is 59.0. The Labute approximate surface area is 143 Å². The van der Waals surface area contributed by atoms with Gasteiger partial charge in [-0.15, -0.1) is 0 Å². The largest absolute Gasteiger partial charge is 0.456 e. The molecule has 0 bridgehead atoms. The van der Waals surface area contributed by atoms with E-state index >= 15 is 0 Å². The van der Waals surface area contributed by atoms with Crippen LogP contribution < -0.4 is 9.46 Å². The summed E-state index contributed by atoms with van der Waals surface area (Å²) in [5, 5.41) is 0. The zero-order valence-electron chi connectivity index (χ0n) is 12.7. The maximum atomic E-state index is 13.8. The van der Waals surface area contributed by atoms with Gasteiger partial charge in [0.05, 0.1) is 16.8 Å². The van der Waals surface area contributed by atoms with Gasteiger partial charge in [0.2, 0.25) is 0 Å². The number of ether oxygens (including phenoxy) is 1. The van der Waals surface area contributed by atoms with E-state index in [9.17, 15) is 17.2 Å². The molecule has 0 amide bonds. The predicted octanol–water partition coefficient (Wildman–Crippen LogP) is 3.95. The van der Waals surface area contributed by atoms with E-state index in [-0.39, 0.29) is 16.3 Å². The van der Waals surface area contributed by atoms with Crippen molar-refractivity contribution in [2.45, 2.75) is 4.90 Å². The lowest BCUT2D eigenvalue weighted by atomic mass is 10.3. The van der Waals surface area contributed by atoms with Crippen molar-refractivity contribution >= 4 is 15.7 Å². The molecule has 0 unspecified atom stereocenters. The van der Waals surface area contributed by atoms with Crippen molar-refractivity contribution in [1.29, 1.82) is 0 Å². The molecule has 0 fully saturated rings. The molecule has 8 heteroatoms. The molecule has 0 saturated carbocycles. The maximum absolute atomic E-state index is 13.8. The average molecular weight is 362 g/mol. The molecule has 2 aromatic carbocycles. The van der Waals surface area contributed by atoms with Crippen molar-refractivity contribution in [3.63, 3.8) is 0 Å². The third-order valence-corrected chi connectivity index (χ3v) is 4.51. The summed E-state index contributed by atoms with van der Waals surface area (Å²) in [5.41, 5.74) is -0.0248. The first kappa shape index (κ1) is 16.8. The molecule has 0 aliphatic heterocycles. The average Bonchev–Trinajstić information content (AvgIpc) is 2.55. The van der Waals surface area contributed by atoms with Gasteiger partial charge in [-0.25, -0.2) is 17.2 Å². The number of halogens is 2. The van der Waals surface area contributed by atoms with Crippen LogP contribution in [0.1, 0.15) is 0 Å². The summed E-state index contributed by atoms with van der Waals surface area (Å²) in [4.78, 5) is 3.73. The SMILES string of the molecule is O=S(=O)(Nc1cc(F)cc(Oc2cccnc2)c1)c1ccc(F)cc1. The minimum atomic E-state index is -3.99. The van der Waals surface area contributed by atoms with Gasteiger partial charge in [-0.3, -0.25) is 9.71 Å². The van der Waals surface area contributed by atoms with Crippen LogP contribution in [0.3, 0.4) is 0 Å². The molecule has 3 aromatic rings. The summed E-state index contributed by atoms with van der Waals surface area (Å²) in [6.07, 6.45) is 2.99. The number of benzene rings is 2. The first-order chi connectivity index (χ1) is 11.9. The van der Waals surface area contributed by atoms with Gasteiger partial charge in [0.25, 0.3) is 10.0 Å².